The number of benzene rings is 1. The Morgan fingerprint density at radius 3 is 2.50 bits per heavy atom. The second-order valence-corrected chi connectivity index (χ2v) is 7.00. The van der Waals surface area contributed by atoms with Crippen LogP contribution < -0.4 is 5.32 Å². The van der Waals surface area contributed by atoms with E-state index in [2.05, 4.69) is 5.32 Å². The monoisotopic (exact) mass is 438 g/mol. The number of nitro benzene ring substituents is 1. The van der Waals surface area contributed by atoms with Crippen LogP contribution in [0.2, 0.25) is 0 Å². The number of hydrogen-bond donors (Lipinski definition) is 1. The first-order chi connectivity index (χ1) is 15.3. The second kappa shape index (κ2) is 9.78. The molecule has 1 aromatic heterocycles. The molecule has 0 aliphatic carbocycles. The summed E-state index contributed by atoms with van der Waals surface area (Å²) < 4.78 is 15.5. The molecule has 166 valence electrons. The third-order valence-corrected chi connectivity index (χ3v) is 4.94. The maximum atomic E-state index is 13.0. The molecule has 1 aromatic carbocycles. The van der Waals surface area contributed by atoms with Crippen LogP contribution >= 0.6 is 0 Å². The second-order valence-electron chi connectivity index (χ2n) is 7.00. The van der Waals surface area contributed by atoms with Gasteiger partial charge in [0.2, 0.25) is 0 Å². The number of furan rings is 1. The van der Waals surface area contributed by atoms with Crippen molar-refractivity contribution in [2.24, 2.45) is 0 Å². The number of ether oxygens (including phenoxy) is 2. The average Bonchev–Trinajstić information content (AvgIpc) is 3.29. The Morgan fingerprint density at radius 1 is 1.16 bits per heavy atom. The number of esters is 2. The van der Waals surface area contributed by atoms with Crippen molar-refractivity contribution < 1.29 is 28.4 Å². The fourth-order valence-electron chi connectivity index (χ4n) is 3.55. The maximum absolute atomic E-state index is 13.0. The number of allylic oxidation sites excluding steroid dienone is 2. The summed E-state index contributed by atoms with van der Waals surface area (Å²) in [7, 11) is 1.23. The fraction of sp³-hybridized carbons (Fsp3) is 0.217. The van der Waals surface area contributed by atoms with Gasteiger partial charge in [-0.2, -0.15) is 0 Å². The summed E-state index contributed by atoms with van der Waals surface area (Å²) in [4.78, 5) is 36.4. The molecule has 2 aromatic rings. The van der Waals surface area contributed by atoms with E-state index in [9.17, 15) is 19.7 Å². The largest absolute Gasteiger partial charge is 0.466 e. The molecular weight excluding hydrogens is 416 g/mol. The highest BCUT2D eigenvalue weighted by atomic mass is 16.6. The molecular formula is C23H22N2O7. The molecule has 1 aliphatic rings. The van der Waals surface area contributed by atoms with E-state index >= 15 is 0 Å². The van der Waals surface area contributed by atoms with Gasteiger partial charge in [0.05, 0.1) is 35.4 Å². The van der Waals surface area contributed by atoms with Crippen LogP contribution in [0, 0.1) is 10.1 Å². The number of nitrogens with zero attached hydrogens (tertiary/aromatic N) is 1. The predicted molar refractivity (Wildman–Crippen MR) is 115 cm³/mol. The maximum Gasteiger partial charge on any atom is 0.337 e. The molecule has 1 aliphatic heterocycles. The van der Waals surface area contributed by atoms with Gasteiger partial charge < -0.3 is 19.2 Å². The van der Waals surface area contributed by atoms with Gasteiger partial charge in [-0.25, -0.2) is 9.59 Å². The number of nitro groups is 1. The molecule has 0 bridgehead atoms. The minimum Gasteiger partial charge on any atom is -0.466 e. The molecule has 0 spiro atoms. The van der Waals surface area contributed by atoms with Crippen LogP contribution in [0.4, 0.5) is 5.69 Å². The van der Waals surface area contributed by atoms with E-state index in [1.165, 1.54) is 31.6 Å². The lowest BCUT2D eigenvalue weighted by Gasteiger charge is -2.30. The van der Waals surface area contributed by atoms with Gasteiger partial charge in [-0.1, -0.05) is 12.1 Å². The standard InChI is InChI=1S/C23H22N2O7/c1-14-19(22(26)30-3)21(16-7-4-8-17(13-16)25(28)29)20(15(2)24-14)23(27)32-12-6-10-18-9-5-11-31-18/h4-11,13,21,24H,12H2,1-3H3. The third kappa shape index (κ3) is 4.77. The zero-order valence-corrected chi connectivity index (χ0v) is 17.8. The van der Waals surface area contributed by atoms with Crippen molar-refractivity contribution in [2.75, 3.05) is 13.7 Å². The number of nitrogens with one attached hydrogen (secondary N) is 1. The Labute approximate surface area is 184 Å². The number of carbonyl (C=O) groups is 2. The molecule has 1 N–H and O–H groups in total. The van der Waals surface area contributed by atoms with Crippen LogP contribution in [0.1, 0.15) is 31.1 Å². The van der Waals surface area contributed by atoms with Gasteiger partial charge in [-0.15, -0.1) is 0 Å². The highest BCUT2D eigenvalue weighted by Crippen LogP contribution is 2.40. The SMILES string of the molecule is COC(=O)C1=C(C)NC(C)=C(C(=O)OCC=Cc2ccco2)C1c1cccc([N+](=O)[O-])c1. The summed E-state index contributed by atoms with van der Waals surface area (Å²) in [5.74, 6) is -1.60. The number of dihydropyridines is 1. The zero-order valence-electron chi connectivity index (χ0n) is 17.8. The highest BCUT2D eigenvalue weighted by molar-refractivity contribution is 5.99. The number of rotatable bonds is 7. The minimum atomic E-state index is -0.898. The molecule has 0 radical (unpaired) electrons. The lowest BCUT2D eigenvalue weighted by atomic mass is 9.80. The Kier molecular flexibility index (Phi) is 6.89. The number of carbonyl (C=O) groups excluding carboxylic acids is 2. The van der Waals surface area contributed by atoms with E-state index in [1.54, 1.807) is 44.2 Å². The van der Waals surface area contributed by atoms with Crippen LogP contribution in [0.25, 0.3) is 6.08 Å². The first kappa shape index (κ1) is 22.5. The van der Waals surface area contributed by atoms with E-state index in [-0.39, 0.29) is 23.4 Å². The first-order valence-corrected chi connectivity index (χ1v) is 9.71. The van der Waals surface area contributed by atoms with E-state index in [0.29, 0.717) is 22.7 Å². The van der Waals surface area contributed by atoms with Crippen molar-refractivity contribution in [3.8, 4) is 0 Å². The number of methoxy groups -OCH3 is 1. The van der Waals surface area contributed by atoms with E-state index in [0.717, 1.165) is 0 Å². The molecule has 32 heavy (non-hydrogen) atoms. The summed E-state index contributed by atoms with van der Waals surface area (Å²) >= 11 is 0. The average molecular weight is 438 g/mol. The van der Waals surface area contributed by atoms with Crippen molar-refractivity contribution in [1.82, 2.24) is 5.32 Å². The lowest BCUT2D eigenvalue weighted by Crippen LogP contribution is -2.32. The highest BCUT2D eigenvalue weighted by Gasteiger charge is 2.38. The molecule has 1 unspecified atom stereocenters. The van der Waals surface area contributed by atoms with Crippen LogP contribution in [0.3, 0.4) is 0 Å². The molecule has 0 amide bonds. The van der Waals surface area contributed by atoms with Gasteiger partial charge in [-0.3, -0.25) is 10.1 Å². The Balaban J connectivity index is 1.96. The van der Waals surface area contributed by atoms with Gasteiger partial charge in [0.1, 0.15) is 12.4 Å². The normalized spacial score (nSPS) is 16.2. The van der Waals surface area contributed by atoms with E-state index in [1.807, 2.05) is 0 Å². The minimum absolute atomic E-state index is 0.0335. The van der Waals surface area contributed by atoms with Crippen molar-refractivity contribution >= 4 is 23.7 Å². The van der Waals surface area contributed by atoms with Crippen molar-refractivity contribution in [3.05, 3.63) is 92.7 Å². The van der Waals surface area contributed by atoms with Crippen molar-refractivity contribution in [2.45, 2.75) is 19.8 Å². The quantitative estimate of drug-likeness (QED) is 0.393. The molecule has 9 heteroatoms. The van der Waals surface area contributed by atoms with Crippen LogP contribution in [0.5, 0.6) is 0 Å². The topological polar surface area (TPSA) is 121 Å². The predicted octanol–water partition coefficient (Wildman–Crippen LogP) is 3.85. The first-order valence-electron chi connectivity index (χ1n) is 9.71. The zero-order chi connectivity index (χ0) is 23.3. The third-order valence-electron chi connectivity index (χ3n) is 4.94. The Bertz CT molecular complexity index is 1130. The summed E-state index contributed by atoms with van der Waals surface area (Å²) in [6, 6.07) is 9.29. The molecule has 3 rings (SSSR count). The van der Waals surface area contributed by atoms with Gasteiger partial charge in [-0.05, 0) is 43.7 Å². The molecule has 0 saturated heterocycles. The lowest BCUT2D eigenvalue weighted by molar-refractivity contribution is -0.384. The van der Waals surface area contributed by atoms with Crippen LogP contribution in [-0.2, 0) is 19.1 Å². The summed E-state index contributed by atoms with van der Waals surface area (Å²) in [6.07, 6.45) is 4.81. The Morgan fingerprint density at radius 2 is 1.88 bits per heavy atom. The Hall–Kier alpha value is -4.14. The van der Waals surface area contributed by atoms with Crippen molar-refractivity contribution in [3.63, 3.8) is 0 Å². The molecule has 2 heterocycles. The van der Waals surface area contributed by atoms with Gasteiger partial charge >= 0.3 is 11.9 Å². The summed E-state index contributed by atoms with van der Waals surface area (Å²) in [5, 5.41) is 14.3. The van der Waals surface area contributed by atoms with Crippen LogP contribution in [-0.4, -0.2) is 30.6 Å². The summed E-state index contributed by atoms with van der Waals surface area (Å²) in [5.41, 5.74) is 1.55. The molecule has 1 atom stereocenters. The smallest absolute Gasteiger partial charge is 0.337 e. The summed E-state index contributed by atoms with van der Waals surface area (Å²) in [6.45, 7) is 3.32. The van der Waals surface area contributed by atoms with E-state index in [4.69, 9.17) is 13.9 Å². The fourth-order valence-corrected chi connectivity index (χ4v) is 3.55. The van der Waals surface area contributed by atoms with Gasteiger partial charge in [0.15, 0.2) is 0 Å². The van der Waals surface area contributed by atoms with Gasteiger partial charge in [0.25, 0.3) is 5.69 Å². The van der Waals surface area contributed by atoms with Crippen LogP contribution in [0.15, 0.2) is 75.7 Å². The number of hydrogen-bond acceptors (Lipinski definition) is 8. The molecule has 0 fully saturated rings. The molecule has 9 nitrogen and oxygen atoms in total. The van der Waals surface area contributed by atoms with Gasteiger partial charge in [0, 0.05) is 23.5 Å². The number of non-ortho nitro benzene ring substituents is 1. The van der Waals surface area contributed by atoms with Crippen molar-refractivity contribution in [1.29, 1.82) is 0 Å². The molecule has 0 saturated carbocycles. The van der Waals surface area contributed by atoms with E-state index < -0.39 is 22.8 Å².